The third-order valence-electron chi connectivity index (χ3n) is 14.0. The monoisotopic (exact) mass is 904 g/mol. The Labute approximate surface area is 384 Å². The van der Waals surface area contributed by atoms with Gasteiger partial charge in [0, 0.05) is 49.5 Å². The predicted octanol–water partition coefficient (Wildman–Crippen LogP) is 5.51. The summed E-state index contributed by atoms with van der Waals surface area (Å²) in [5.74, 6) is -3.27. The number of nitrogens with one attached hydrogen (secondary N) is 1. The molecular formula is C49H73N7O9. The fourth-order valence-corrected chi connectivity index (χ4v) is 10.3. The third kappa shape index (κ3) is 11.4. The fourth-order valence-electron chi connectivity index (χ4n) is 10.3. The molecule has 13 atom stereocenters. The number of methoxy groups -OCH3 is 1. The number of anilines is 1. The summed E-state index contributed by atoms with van der Waals surface area (Å²) in [7, 11) is 5.41. The molecule has 3 saturated heterocycles. The lowest BCUT2D eigenvalue weighted by Gasteiger charge is -2.46. The SMILES string of the molecule is CC[C@H]1OC(=O)[C@H](C)C(=O)[C@H](C)[C@@H](O[C@@H]2O[C@H](C)CC(N(C)C)C2O)[C@](C)(OC)C[C@@H](C)CN[C@H](Cc2ccccc2)[C@H]2N(CCCCn3cc(-c4cccc(N)c4)nn3)C(=O)O[C@]12C. The molecule has 0 bridgehead atoms. The largest absolute Gasteiger partial charge is 0.458 e. The zero-order valence-electron chi connectivity index (χ0n) is 40.0. The second-order valence-corrected chi connectivity index (χ2v) is 19.3. The van der Waals surface area contributed by atoms with Crippen LogP contribution in [0.1, 0.15) is 86.1 Å². The van der Waals surface area contributed by atoms with Crippen molar-refractivity contribution >= 4 is 23.5 Å². The van der Waals surface area contributed by atoms with Crippen molar-refractivity contribution in [2.45, 2.75) is 154 Å². The van der Waals surface area contributed by atoms with Crippen molar-refractivity contribution in [1.29, 1.82) is 0 Å². The highest BCUT2D eigenvalue weighted by molar-refractivity contribution is 6.00. The number of ether oxygens (including phenoxy) is 5. The van der Waals surface area contributed by atoms with Crippen molar-refractivity contribution in [3.05, 3.63) is 66.4 Å². The number of nitrogens with two attached hydrogens (primary N) is 1. The van der Waals surface area contributed by atoms with Crippen LogP contribution in [0.5, 0.6) is 0 Å². The van der Waals surface area contributed by atoms with Gasteiger partial charge in [0.05, 0.1) is 30.0 Å². The molecule has 65 heavy (non-hydrogen) atoms. The lowest BCUT2D eigenvalue weighted by atomic mass is 9.78. The van der Waals surface area contributed by atoms with Crippen LogP contribution in [-0.2, 0) is 46.2 Å². The first kappa shape index (κ1) is 50.0. The molecular weight excluding hydrogens is 831 g/mol. The molecule has 1 amide bonds. The number of ketones is 1. The summed E-state index contributed by atoms with van der Waals surface area (Å²) in [6, 6.07) is 16.4. The summed E-state index contributed by atoms with van der Waals surface area (Å²) in [5.41, 5.74) is 6.93. The number of hydrogen-bond donors (Lipinski definition) is 3. The van der Waals surface area contributed by atoms with E-state index in [-0.39, 0.29) is 24.1 Å². The molecule has 2 unspecified atom stereocenters. The van der Waals surface area contributed by atoms with Crippen molar-refractivity contribution in [3.63, 3.8) is 0 Å². The van der Waals surface area contributed by atoms with Crippen molar-refractivity contribution in [1.82, 2.24) is 30.1 Å². The van der Waals surface area contributed by atoms with E-state index >= 15 is 0 Å². The average Bonchev–Trinajstić information content (AvgIpc) is 3.86. The number of Topliss-reactive ketones (excluding diaryl/α,β-unsaturated/α-hetero) is 1. The summed E-state index contributed by atoms with van der Waals surface area (Å²) < 4.78 is 33.9. The molecule has 4 heterocycles. The Bertz CT molecular complexity index is 2050. The molecule has 0 saturated carbocycles. The van der Waals surface area contributed by atoms with E-state index in [1.807, 2.05) is 95.4 Å². The topological polar surface area (TPSA) is 193 Å². The number of aliphatic hydroxyl groups is 1. The number of unbranched alkanes of at least 4 members (excludes halogenated alkanes) is 1. The van der Waals surface area contributed by atoms with Gasteiger partial charge in [-0.25, -0.2) is 4.79 Å². The van der Waals surface area contributed by atoms with E-state index in [9.17, 15) is 19.5 Å². The highest BCUT2D eigenvalue weighted by Crippen LogP contribution is 2.41. The van der Waals surface area contributed by atoms with Gasteiger partial charge in [-0.2, -0.15) is 0 Å². The van der Waals surface area contributed by atoms with Crippen LogP contribution in [0, 0.1) is 17.8 Å². The van der Waals surface area contributed by atoms with E-state index in [0.717, 1.165) is 16.8 Å². The van der Waals surface area contributed by atoms with Gasteiger partial charge in [0.1, 0.15) is 23.8 Å². The first-order valence-corrected chi connectivity index (χ1v) is 23.4. The minimum atomic E-state index is -1.30. The number of amides is 1. The summed E-state index contributed by atoms with van der Waals surface area (Å²) in [6.07, 6.45) is 0.521. The van der Waals surface area contributed by atoms with Crippen LogP contribution in [0.15, 0.2) is 60.8 Å². The Morgan fingerprint density at radius 2 is 1.74 bits per heavy atom. The minimum Gasteiger partial charge on any atom is -0.458 e. The van der Waals surface area contributed by atoms with Gasteiger partial charge in [-0.1, -0.05) is 68.4 Å². The molecule has 16 heteroatoms. The lowest BCUT2D eigenvalue weighted by Crippen LogP contribution is -2.62. The zero-order chi connectivity index (χ0) is 47.2. The number of carbonyl (C=O) groups excluding carboxylic acids is 3. The van der Waals surface area contributed by atoms with Crippen molar-refractivity contribution in [3.8, 4) is 11.3 Å². The van der Waals surface area contributed by atoms with Gasteiger partial charge < -0.3 is 44.7 Å². The highest BCUT2D eigenvalue weighted by atomic mass is 16.7. The molecule has 358 valence electrons. The first-order valence-electron chi connectivity index (χ1n) is 23.4. The third-order valence-corrected chi connectivity index (χ3v) is 14.0. The maximum absolute atomic E-state index is 14.6. The van der Waals surface area contributed by atoms with Crippen LogP contribution in [0.25, 0.3) is 11.3 Å². The van der Waals surface area contributed by atoms with E-state index in [1.54, 1.807) is 30.5 Å². The summed E-state index contributed by atoms with van der Waals surface area (Å²) in [5, 5.41) is 24.1. The number of rotatable bonds is 13. The number of benzene rings is 2. The van der Waals surface area contributed by atoms with Crippen LogP contribution >= 0.6 is 0 Å². The van der Waals surface area contributed by atoms with E-state index in [2.05, 4.69) is 34.7 Å². The number of nitrogen functional groups attached to an aromatic ring is 1. The highest BCUT2D eigenvalue weighted by Gasteiger charge is 2.59. The molecule has 4 N–H and O–H groups in total. The quantitative estimate of drug-likeness (QED) is 0.0842. The van der Waals surface area contributed by atoms with E-state index in [4.69, 9.17) is 29.4 Å². The Morgan fingerprint density at radius 1 is 1.02 bits per heavy atom. The Morgan fingerprint density at radius 3 is 2.42 bits per heavy atom. The van der Waals surface area contributed by atoms with E-state index in [1.165, 1.54) is 0 Å². The van der Waals surface area contributed by atoms with Gasteiger partial charge in [-0.15, -0.1) is 5.10 Å². The average molecular weight is 904 g/mol. The second-order valence-electron chi connectivity index (χ2n) is 19.3. The normalized spacial score (nSPS) is 34.1. The fraction of sp³-hybridized carbons (Fsp3) is 0.653. The van der Waals surface area contributed by atoms with Gasteiger partial charge in [0.15, 0.2) is 17.7 Å². The summed E-state index contributed by atoms with van der Waals surface area (Å²) >= 11 is 0. The van der Waals surface area contributed by atoms with Crippen LogP contribution < -0.4 is 11.1 Å². The zero-order valence-corrected chi connectivity index (χ0v) is 40.0. The number of aryl methyl sites for hydroxylation is 1. The van der Waals surface area contributed by atoms with Gasteiger partial charge >= 0.3 is 12.1 Å². The first-order chi connectivity index (χ1) is 30.9. The number of likely N-dealkylation sites (N-methyl/N-ethyl adjacent to an activating group) is 1. The summed E-state index contributed by atoms with van der Waals surface area (Å²) in [6.45, 7) is 14.4. The Kier molecular flexibility index (Phi) is 16.5. The van der Waals surface area contributed by atoms with Crippen LogP contribution in [0.2, 0.25) is 0 Å². The summed E-state index contributed by atoms with van der Waals surface area (Å²) in [4.78, 5) is 46.9. The van der Waals surface area contributed by atoms with Crippen LogP contribution in [0.3, 0.4) is 0 Å². The second kappa shape index (κ2) is 21.5. The minimum absolute atomic E-state index is 0.0581. The van der Waals surface area contributed by atoms with E-state index < -0.39 is 71.5 Å². The molecule has 0 radical (unpaired) electrons. The smallest absolute Gasteiger partial charge is 0.410 e. The molecule has 0 spiro atoms. The number of fused-ring (bicyclic) bond motifs is 1. The number of hydrogen-bond acceptors (Lipinski definition) is 14. The number of cyclic esters (lactones) is 1. The molecule has 2 aromatic carbocycles. The number of carbonyl (C=O) groups is 3. The lowest BCUT2D eigenvalue weighted by molar-refractivity contribution is -0.295. The van der Waals surface area contributed by atoms with Crippen molar-refractivity contribution in [2.24, 2.45) is 17.8 Å². The van der Waals surface area contributed by atoms with Gasteiger partial charge in [0.25, 0.3) is 0 Å². The molecule has 1 aromatic heterocycles. The molecule has 3 fully saturated rings. The van der Waals surface area contributed by atoms with Gasteiger partial charge in [-0.3, -0.25) is 19.2 Å². The molecule has 6 rings (SSSR count). The van der Waals surface area contributed by atoms with E-state index in [0.29, 0.717) is 63.8 Å². The van der Waals surface area contributed by atoms with Gasteiger partial charge in [0.2, 0.25) is 0 Å². The Balaban J connectivity index is 1.31. The molecule has 3 aromatic rings. The number of nitrogens with zero attached hydrogens (tertiary/aromatic N) is 5. The molecule has 3 aliphatic heterocycles. The Hall–Kier alpha value is -4.45. The standard InChI is InChI=1S/C49H73N7O9/c1-11-40-49(7)43(56(47(60)65-49)23-16-15-22-55-29-38(52-53-55)35-20-17-21-36(50)26-35)37(25-34-18-13-12-14-19-34)51-28-30(2)27-48(6,61-10)44(32(4)41(57)33(5)45(59)63-40)64-46-42(58)39(54(8)9)24-31(3)62-46/h12-14,17-21,26,29-33,37,39-40,42-44,46,51,58H,11,15-16,22-25,27-28,50H2,1-10H3/t30-,31-,32+,33-,37-,39?,40-,42?,43-,44-,46+,48-,49-/m1/s1. The molecule has 0 aliphatic carbocycles. The van der Waals surface area contributed by atoms with Crippen LogP contribution in [0.4, 0.5) is 10.5 Å². The number of aliphatic hydroxyl groups excluding tert-OH is 1. The molecule has 16 nitrogen and oxygen atoms in total. The predicted molar refractivity (Wildman–Crippen MR) is 246 cm³/mol. The number of aromatic nitrogens is 3. The maximum Gasteiger partial charge on any atom is 0.410 e. The van der Waals surface area contributed by atoms with Crippen LogP contribution in [-0.4, -0.2) is 142 Å². The maximum atomic E-state index is 14.6. The van der Waals surface area contributed by atoms with Crippen molar-refractivity contribution in [2.75, 3.05) is 40.0 Å². The van der Waals surface area contributed by atoms with Gasteiger partial charge in [-0.05, 0) is 110 Å². The molecule has 3 aliphatic rings. The number of esters is 1. The van der Waals surface area contributed by atoms with Crippen molar-refractivity contribution < 1.29 is 43.2 Å².